The van der Waals surface area contributed by atoms with Gasteiger partial charge in [-0.05, 0) is 51.4 Å². The molecule has 2 rings (SSSR count). The van der Waals surface area contributed by atoms with E-state index in [1.54, 1.807) is 24.8 Å². The maximum atomic E-state index is 12.8. The van der Waals surface area contributed by atoms with E-state index in [0.717, 1.165) is 0 Å². The number of benzene rings is 1. The number of rotatable bonds is 7. The molecule has 166 valence electrons. The largest absolute Gasteiger partial charge is 0.466 e. The van der Waals surface area contributed by atoms with Crippen LogP contribution in [0.1, 0.15) is 35.7 Å². The van der Waals surface area contributed by atoms with E-state index in [4.69, 9.17) is 4.74 Å². The number of hydrogen-bond acceptors (Lipinski definition) is 6. The van der Waals surface area contributed by atoms with E-state index in [9.17, 15) is 22.8 Å². The molecule has 0 aromatic heterocycles. The lowest BCUT2D eigenvalue weighted by molar-refractivity contribution is -0.151. The van der Waals surface area contributed by atoms with Crippen LogP contribution in [0.4, 0.5) is 0 Å². The summed E-state index contributed by atoms with van der Waals surface area (Å²) in [5, 5.41) is 0. The molecule has 10 heteroatoms. The zero-order valence-electron chi connectivity index (χ0n) is 17.8. The minimum absolute atomic E-state index is 0.0142. The Kier molecular flexibility index (Phi) is 7.96. The molecular weight excluding hydrogens is 410 g/mol. The number of esters is 1. The second-order valence-electron chi connectivity index (χ2n) is 7.25. The van der Waals surface area contributed by atoms with E-state index in [1.807, 2.05) is 0 Å². The monoisotopic (exact) mass is 439 g/mol. The highest BCUT2D eigenvalue weighted by atomic mass is 32.2. The van der Waals surface area contributed by atoms with Crippen molar-refractivity contribution in [3.05, 3.63) is 29.3 Å². The first-order chi connectivity index (χ1) is 14.1. The Hall–Kier alpha value is -2.46. The fraction of sp³-hybridized carbons (Fsp3) is 0.550. The van der Waals surface area contributed by atoms with Gasteiger partial charge in [0.05, 0.1) is 24.0 Å². The van der Waals surface area contributed by atoms with E-state index in [2.05, 4.69) is 4.72 Å². The second-order valence-corrected chi connectivity index (χ2v) is 9.14. The molecule has 0 unspecified atom stereocenters. The van der Waals surface area contributed by atoms with Gasteiger partial charge < -0.3 is 14.5 Å². The molecule has 0 spiro atoms. The molecule has 0 radical (unpaired) electrons. The Morgan fingerprint density at radius 2 is 1.87 bits per heavy atom. The zero-order valence-corrected chi connectivity index (χ0v) is 18.6. The van der Waals surface area contributed by atoms with E-state index >= 15 is 0 Å². The van der Waals surface area contributed by atoms with Crippen molar-refractivity contribution >= 4 is 27.8 Å². The van der Waals surface area contributed by atoms with Crippen molar-refractivity contribution in [3.63, 3.8) is 0 Å². The number of sulfonamides is 1. The number of hydrogen-bond donors (Lipinski definition) is 1. The SMILES string of the molecule is CCOC(=O)C1CCN(C(=O)CN(C)C(=O)c2cc(S(=O)(=O)NC)ccc2C)CC1. The molecule has 0 saturated carbocycles. The highest BCUT2D eigenvalue weighted by Gasteiger charge is 2.29. The molecule has 1 N–H and O–H groups in total. The fourth-order valence-electron chi connectivity index (χ4n) is 3.32. The number of carbonyl (C=O) groups excluding carboxylic acids is 3. The lowest BCUT2D eigenvalue weighted by Gasteiger charge is -2.32. The van der Waals surface area contributed by atoms with Crippen LogP contribution in [0.5, 0.6) is 0 Å². The third-order valence-electron chi connectivity index (χ3n) is 5.21. The van der Waals surface area contributed by atoms with Gasteiger partial charge in [0.1, 0.15) is 0 Å². The molecular formula is C20H29N3O6S. The number of nitrogens with zero attached hydrogens (tertiary/aromatic N) is 2. The number of likely N-dealkylation sites (N-methyl/N-ethyl adjacent to an activating group) is 1. The Labute approximate surface area is 177 Å². The summed E-state index contributed by atoms with van der Waals surface area (Å²) in [6.45, 7) is 4.53. The summed E-state index contributed by atoms with van der Waals surface area (Å²) in [5.74, 6) is -1.09. The smallest absolute Gasteiger partial charge is 0.309 e. The van der Waals surface area contributed by atoms with Crippen molar-refractivity contribution in [1.29, 1.82) is 0 Å². The van der Waals surface area contributed by atoms with Crippen LogP contribution in [0.3, 0.4) is 0 Å². The summed E-state index contributed by atoms with van der Waals surface area (Å²) in [5.41, 5.74) is 0.840. The summed E-state index contributed by atoms with van der Waals surface area (Å²) < 4.78 is 31.3. The van der Waals surface area contributed by atoms with E-state index in [0.29, 0.717) is 38.1 Å². The molecule has 9 nitrogen and oxygen atoms in total. The van der Waals surface area contributed by atoms with Gasteiger partial charge in [-0.1, -0.05) is 6.07 Å². The molecule has 0 bridgehead atoms. The Bertz CT molecular complexity index is 907. The Morgan fingerprint density at radius 1 is 1.23 bits per heavy atom. The average Bonchev–Trinajstić information content (AvgIpc) is 2.73. The van der Waals surface area contributed by atoms with Gasteiger partial charge in [-0.15, -0.1) is 0 Å². The number of nitrogens with one attached hydrogen (secondary N) is 1. The summed E-state index contributed by atoms with van der Waals surface area (Å²) in [6, 6.07) is 4.30. The first-order valence-electron chi connectivity index (χ1n) is 9.84. The van der Waals surface area contributed by atoms with Gasteiger partial charge >= 0.3 is 5.97 Å². The average molecular weight is 440 g/mol. The third-order valence-corrected chi connectivity index (χ3v) is 6.62. The number of amides is 2. The lowest BCUT2D eigenvalue weighted by Crippen LogP contribution is -2.45. The quantitative estimate of drug-likeness (QED) is 0.628. The fourth-order valence-corrected chi connectivity index (χ4v) is 4.08. The molecule has 1 saturated heterocycles. The van der Waals surface area contributed by atoms with Crippen molar-refractivity contribution in [3.8, 4) is 0 Å². The molecule has 1 aliphatic heterocycles. The van der Waals surface area contributed by atoms with Gasteiger partial charge in [0, 0.05) is 25.7 Å². The normalized spacial score (nSPS) is 15.0. The van der Waals surface area contributed by atoms with Crippen LogP contribution in [-0.4, -0.2) is 76.3 Å². The summed E-state index contributed by atoms with van der Waals surface area (Å²) in [6.07, 6.45) is 1.07. The van der Waals surface area contributed by atoms with Gasteiger partial charge in [-0.2, -0.15) is 0 Å². The van der Waals surface area contributed by atoms with Crippen molar-refractivity contribution in [1.82, 2.24) is 14.5 Å². The Balaban J connectivity index is 2.02. The summed E-state index contributed by atoms with van der Waals surface area (Å²) in [7, 11) is -0.885. The first-order valence-corrected chi connectivity index (χ1v) is 11.3. The van der Waals surface area contributed by atoms with Gasteiger partial charge in [0.25, 0.3) is 5.91 Å². The van der Waals surface area contributed by atoms with Crippen LogP contribution in [0, 0.1) is 12.8 Å². The Morgan fingerprint density at radius 3 is 2.43 bits per heavy atom. The molecule has 1 heterocycles. The topological polar surface area (TPSA) is 113 Å². The number of carbonyl (C=O) groups is 3. The molecule has 1 aromatic carbocycles. The van der Waals surface area contributed by atoms with Crippen LogP contribution in [0.15, 0.2) is 23.1 Å². The standard InChI is InChI=1S/C20H29N3O6S/c1-5-29-20(26)15-8-10-23(11-9-15)18(24)13-22(4)19(25)17-12-16(7-6-14(17)2)30(27,28)21-3/h6-7,12,15,21H,5,8-11,13H2,1-4H3. The zero-order chi connectivity index (χ0) is 22.5. The van der Waals surface area contributed by atoms with Crippen LogP contribution < -0.4 is 4.72 Å². The van der Waals surface area contributed by atoms with Crippen LogP contribution in [-0.2, 0) is 24.3 Å². The third kappa shape index (κ3) is 5.57. The van der Waals surface area contributed by atoms with E-state index in [-0.39, 0.29) is 34.8 Å². The minimum atomic E-state index is -3.69. The highest BCUT2D eigenvalue weighted by molar-refractivity contribution is 7.89. The van der Waals surface area contributed by atoms with Crippen molar-refractivity contribution in [2.24, 2.45) is 5.92 Å². The maximum Gasteiger partial charge on any atom is 0.309 e. The van der Waals surface area contributed by atoms with Gasteiger partial charge in [-0.25, -0.2) is 13.1 Å². The predicted molar refractivity (Wildman–Crippen MR) is 110 cm³/mol. The van der Waals surface area contributed by atoms with Crippen LogP contribution in [0.25, 0.3) is 0 Å². The summed E-state index contributed by atoms with van der Waals surface area (Å²) in [4.78, 5) is 40.2. The number of piperidine rings is 1. The van der Waals surface area contributed by atoms with Gasteiger partial charge in [0.15, 0.2) is 0 Å². The van der Waals surface area contributed by atoms with E-state index < -0.39 is 15.9 Å². The van der Waals surface area contributed by atoms with Crippen molar-refractivity contribution in [2.45, 2.75) is 31.6 Å². The molecule has 2 amide bonds. The molecule has 1 aromatic rings. The maximum absolute atomic E-state index is 12.8. The molecule has 1 aliphatic rings. The molecule has 30 heavy (non-hydrogen) atoms. The minimum Gasteiger partial charge on any atom is -0.466 e. The van der Waals surface area contributed by atoms with Crippen molar-refractivity contribution in [2.75, 3.05) is 40.3 Å². The van der Waals surface area contributed by atoms with Gasteiger partial charge in [-0.3, -0.25) is 14.4 Å². The van der Waals surface area contributed by atoms with Gasteiger partial charge in [0.2, 0.25) is 15.9 Å². The molecule has 0 aliphatic carbocycles. The highest BCUT2D eigenvalue weighted by Crippen LogP contribution is 2.20. The predicted octanol–water partition coefficient (Wildman–Crippen LogP) is 0.777. The molecule has 0 atom stereocenters. The number of aryl methyl sites for hydroxylation is 1. The van der Waals surface area contributed by atoms with Crippen LogP contribution in [0.2, 0.25) is 0 Å². The second kappa shape index (κ2) is 10.0. The van der Waals surface area contributed by atoms with E-state index in [1.165, 1.54) is 31.1 Å². The van der Waals surface area contributed by atoms with Crippen molar-refractivity contribution < 1.29 is 27.5 Å². The number of ether oxygens (including phenoxy) is 1. The number of likely N-dealkylation sites (tertiary alicyclic amines) is 1. The molecule has 1 fully saturated rings. The summed E-state index contributed by atoms with van der Waals surface area (Å²) >= 11 is 0. The van der Waals surface area contributed by atoms with Crippen LogP contribution >= 0.6 is 0 Å². The lowest BCUT2D eigenvalue weighted by atomic mass is 9.97. The first kappa shape index (κ1) is 23.8.